The van der Waals surface area contributed by atoms with Crippen molar-refractivity contribution < 1.29 is 4.42 Å². The van der Waals surface area contributed by atoms with E-state index in [4.69, 9.17) is 4.42 Å². The van der Waals surface area contributed by atoms with Crippen molar-refractivity contribution in [3.8, 4) is 27.9 Å². The molecule has 1 N–H and O–H groups in total. The summed E-state index contributed by atoms with van der Waals surface area (Å²) < 4.78 is 9.13. The SMILES string of the molecule is CC(C)(C)c1ccc(Nc2cc3c(cc2-c2ccc4c5c6c(ccc5n5c4c2[B]c2cc4c(cc2-5)C(C)(C)c2ccccc2-4)oc2ccccc26)C(C)(C)CCC3(C)C)cc1. The number of aromatic nitrogens is 1. The van der Waals surface area contributed by atoms with Crippen molar-refractivity contribution in [3.05, 3.63) is 149 Å². The Morgan fingerprint density at radius 2 is 1.31 bits per heavy atom. The fourth-order valence-corrected chi connectivity index (χ4v) is 11.4. The molecule has 9 aromatic rings. The van der Waals surface area contributed by atoms with Gasteiger partial charge in [-0.1, -0.05) is 141 Å². The molecule has 0 saturated carbocycles. The number of rotatable bonds is 3. The predicted molar refractivity (Wildman–Crippen MR) is 260 cm³/mol. The molecule has 3 nitrogen and oxygen atoms in total. The van der Waals surface area contributed by atoms with Gasteiger partial charge in [-0.3, -0.25) is 0 Å². The molecule has 0 spiro atoms. The maximum Gasteiger partial charge on any atom is 0.197 e. The van der Waals surface area contributed by atoms with Gasteiger partial charge in [0.15, 0.2) is 7.28 Å². The van der Waals surface area contributed by atoms with E-state index in [1.165, 1.54) is 93.9 Å². The Morgan fingerprint density at radius 1 is 0.590 bits per heavy atom. The molecule has 0 atom stereocenters. The van der Waals surface area contributed by atoms with Crippen LogP contribution in [0.3, 0.4) is 0 Å². The minimum absolute atomic E-state index is 0.0493. The third-order valence-corrected chi connectivity index (χ3v) is 15.1. The summed E-state index contributed by atoms with van der Waals surface area (Å²) in [5.74, 6) is 0. The second-order valence-electron chi connectivity index (χ2n) is 21.1. The topological polar surface area (TPSA) is 30.1 Å². The molecule has 0 bridgehead atoms. The molecule has 0 unspecified atom stereocenters. The summed E-state index contributed by atoms with van der Waals surface area (Å²) in [5, 5.41) is 8.85. The molecular formula is C57H52BN2O. The normalized spacial score (nSPS) is 16.7. The van der Waals surface area contributed by atoms with Crippen molar-refractivity contribution in [2.75, 3.05) is 5.32 Å². The standard InChI is InChI=1S/C57H52BN2O/c1-54(2,3)32-18-20-33(21-19-32)59-45-30-43-42(55(4,5)26-27-56(43,6)7)28-39(45)35-22-23-37-50-46(24-25-49-51(50)36-15-11-13-17-48(36)61-49)60-47-31-41-38(29-44(47)58-52(35)53(37)60)34-14-10-12-16-40(34)57(41,8)9/h10-25,28-31,59H,26-27H2,1-9H3. The van der Waals surface area contributed by atoms with Crippen LogP contribution in [-0.4, -0.2) is 11.8 Å². The molecule has 61 heavy (non-hydrogen) atoms. The first-order chi connectivity index (χ1) is 29.1. The van der Waals surface area contributed by atoms with E-state index < -0.39 is 0 Å². The first-order valence-corrected chi connectivity index (χ1v) is 22.2. The number of nitrogens with zero attached hydrogens (tertiary/aromatic N) is 1. The Kier molecular flexibility index (Phi) is 7.30. The molecule has 0 fully saturated rings. The van der Waals surface area contributed by atoms with Gasteiger partial charge in [0.25, 0.3) is 0 Å². The molecule has 299 valence electrons. The second kappa shape index (κ2) is 12.1. The quantitative estimate of drug-likeness (QED) is 0.181. The van der Waals surface area contributed by atoms with E-state index in [9.17, 15) is 0 Å². The van der Waals surface area contributed by atoms with Crippen molar-refractivity contribution >= 4 is 73.3 Å². The molecule has 3 heterocycles. The van der Waals surface area contributed by atoms with E-state index in [2.05, 4.69) is 201 Å². The summed E-state index contributed by atoms with van der Waals surface area (Å²) in [6.07, 6.45) is 2.32. The lowest BCUT2D eigenvalue weighted by Crippen LogP contribution is -2.38. The van der Waals surface area contributed by atoms with Crippen LogP contribution in [0.5, 0.6) is 0 Å². The molecule has 1 aliphatic heterocycles. The maximum atomic E-state index is 6.55. The van der Waals surface area contributed by atoms with Crippen molar-refractivity contribution in [1.82, 2.24) is 4.57 Å². The highest BCUT2D eigenvalue weighted by atomic mass is 16.3. The Balaban J connectivity index is 1.17. The zero-order chi connectivity index (χ0) is 42.0. The van der Waals surface area contributed by atoms with Crippen molar-refractivity contribution in [2.24, 2.45) is 0 Å². The van der Waals surface area contributed by atoms with E-state index in [0.717, 1.165) is 40.8 Å². The summed E-state index contributed by atoms with van der Waals surface area (Å²) in [7, 11) is 2.50. The summed E-state index contributed by atoms with van der Waals surface area (Å²) in [6, 6.07) is 45.9. The zero-order valence-electron chi connectivity index (χ0n) is 36.9. The Bertz CT molecular complexity index is 3360. The van der Waals surface area contributed by atoms with E-state index in [0.29, 0.717) is 0 Å². The Labute approximate surface area is 360 Å². The number of hydrogen-bond acceptors (Lipinski definition) is 2. The number of para-hydroxylation sites is 1. The van der Waals surface area contributed by atoms with Crippen molar-refractivity contribution in [1.29, 1.82) is 0 Å². The first-order valence-electron chi connectivity index (χ1n) is 22.2. The van der Waals surface area contributed by atoms with Gasteiger partial charge < -0.3 is 14.3 Å². The molecular weight excluding hydrogens is 739 g/mol. The number of benzene rings is 7. The van der Waals surface area contributed by atoms with Crippen LogP contribution < -0.4 is 16.2 Å². The predicted octanol–water partition coefficient (Wildman–Crippen LogP) is 14.0. The molecule has 12 rings (SSSR count). The zero-order valence-corrected chi connectivity index (χ0v) is 36.9. The molecule has 2 aromatic heterocycles. The second-order valence-corrected chi connectivity index (χ2v) is 21.1. The minimum atomic E-state index is -0.117. The third kappa shape index (κ3) is 5.11. The molecule has 7 aromatic carbocycles. The Hall–Kier alpha value is -6.00. The number of nitrogens with one attached hydrogen (secondary N) is 1. The summed E-state index contributed by atoms with van der Waals surface area (Å²) in [4.78, 5) is 0. The molecule has 0 amide bonds. The van der Waals surface area contributed by atoms with Crippen LogP contribution in [0.4, 0.5) is 11.4 Å². The van der Waals surface area contributed by atoms with E-state index >= 15 is 0 Å². The fraction of sp³-hybridized carbons (Fsp3) is 0.263. The van der Waals surface area contributed by atoms with Gasteiger partial charge in [-0.2, -0.15) is 0 Å². The Morgan fingerprint density at radius 3 is 2.08 bits per heavy atom. The van der Waals surface area contributed by atoms with Crippen molar-refractivity contribution in [2.45, 2.75) is 96.8 Å². The van der Waals surface area contributed by atoms with Gasteiger partial charge >= 0.3 is 0 Å². The number of furan rings is 1. The molecule has 4 heteroatoms. The highest BCUT2D eigenvalue weighted by Crippen LogP contribution is 2.52. The molecule has 2 aliphatic carbocycles. The van der Waals surface area contributed by atoms with Crippen LogP contribution in [0.2, 0.25) is 0 Å². The van der Waals surface area contributed by atoms with Gasteiger partial charge in [0.1, 0.15) is 11.2 Å². The van der Waals surface area contributed by atoms with Crippen LogP contribution in [0.15, 0.2) is 126 Å². The largest absolute Gasteiger partial charge is 0.456 e. The highest BCUT2D eigenvalue weighted by Gasteiger charge is 2.40. The van der Waals surface area contributed by atoms with Crippen LogP contribution >= 0.6 is 0 Å². The smallest absolute Gasteiger partial charge is 0.197 e. The fourth-order valence-electron chi connectivity index (χ4n) is 11.4. The van der Waals surface area contributed by atoms with Gasteiger partial charge in [-0.25, -0.2) is 0 Å². The average molecular weight is 792 g/mol. The number of anilines is 2. The van der Waals surface area contributed by atoms with Crippen LogP contribution in [-0.2, 0) is 21.7 Å². The monoisotopic (exact) mass is 791 g/mol. The van der Waals surface area contributed by atoms with Crippen LogP contribution in [0.25, 0.3) is 71.7 Å². The highest BCUT2D eigenvalue weighted by molar-refractivity contribution is 6.73. The van der Waals surface area contributed by atoms with Gasteiger partial charge in [-0.15, -0.1) is 0 Å². The van der Waals surface area contributed by atoms with E-state index in [1.54, 1.807) is 0 Å². The average Bonchev–Trinajstić information content (AvgIpc) is 3.85. The lowest BCUT2D eigenvalue weighted by atomic mass is 9.58. The third-order valence-electron chi connectivity index (χ3n) is 15.1. The van der Waals surface area contributed by atoms with Crippen LogP contribution in [0, 0.1) is 0 Å². The minimum Gasteiger partial charge on any atom is -0.456 e. The van der Waals surface area contributed by atoms with Crippen molar-refractivity contribution in [3.63, 3.8) is 0 Å². The summed E-state index contributed by atoms with van der Waals surface area (Å²) in [6.45, 7) is 21.4. The van der Waals surface area contributed by atoms with Gasteiger partial charge in [0.05, 0.1) is 5.52 Å². The van der Waals surface area contributed by atoms with Gasteiger partial charge in [-0.05, 0) is 128 Å². The van der Waals surface area contributed by atoms with Gasteiger partial charge in [0.2, 0.25) is 0 Å². The number of fused-ring (bicyclic) bond motifs is 13. The molecule has 1 radical (unpaired) electrons. The lowest BCUT2D eigenvalue weighted by molar-refractivity contribution is 0.332. The van der Waals surface area contributed by atoms with Crippen LogP contribution in [0.1, 0.15) is 103 Å². The first kappa shape index (κ1) is 36.8. The lowest BCUT2D eigenvalue weighted by Gasteiger charge is -2.42. The summed E-state index contributed by atoms with van der Waals surface area (Å²) >= 11 is 0. The molecule has 3 aliphatic rings. The van der Waals surface area contributed by atoms with Gasteiger partial charge in [0, 0.05) is 55.1 Å². The maximum absolute atomic E-state index is 6.55. The summed E-state index contributed by atoms with van der Waals surface area (Å²) in [5.41, 5.74) is 22.6. The number of hydrogen-bond donors (Lipinski definition) is 1. The van der Waals surface area contributed by atoms with E-state index in [1.807, 2.05) is 0 Å². The van der Waals surface area contributed by atoms with E-state index in [-0.39, 0.29) is 21.7 Å². The molecule has 0 saturated heterocycles.